The molecule has 3 aromatic rings. The monoisotopic (exact) mass is 350 g/mol. The van der Waals surface area contributed by atoms with E-state index >= 15 is 0 Å². The normalized spacial score (nSPS) is 10.3. The zero-order chi connectivity index (χ0) is 18.4. The lowest BCUT2D eigenvalue weighted by Gasteiger charge is -2.11. The molecule has 6 nitrogen and oxygen atoms in total. The summed E-state index contributed by atoms with van der Waals surface area (Å²) >= 11 is 0. The third-order valence-electron chi connectivity index (χ3n) is 3.84. The van der Waals surface area contributed by atoms with Gasteiger partial charge in [-0.3, -0.25) is 0 Å². The zero-order valence-corrected chi connectivity index (χ0v) is 15.1. The van der Waals surface area contributed by atoms with E-state index < -0.39 is 0 Å². The van der Waals surface area contributed by atoms with Crippen molar-refractivity contribution in [2.45, 2.75) is 13.5 Å². The maximum atomic E-state index is 5.33. The minimum absolute atomic E-state index is 0.553. The zero-order valence-electron chi connectivity index (χ0n) is 15.1. The number of anilines is 3. The number of hydrogen-bond donors (Lipinski definition) is 2. The van der Waals surface area contributed by atoms with Crippen LogP contribution in [0.5, 0.6) is 11.5 Å². The fourth-order valence-corrected chi connectivity index (χ4v) is 2.56. The molecule has 1 heterocycles. The Hall–Kier alpha value is -3.28. The minimum Gasteiger partial charge on any atom is -0.493 e. The molecule has 0 atom stereocenters. The van der Waals surface area contributed by atoms with Crippen LogP contribution in [0, 0.1) is 6.92 Å². The highest BCUT2D eigenvalue weighted by molar-refractivity contribution is 5.57. The van der Waals surface area contributed by atoms with Gasteiger partial charge in [0.05, 0.1) is 14.2 Å². The van der Waals surface area contributed by atoms with E-state index in [1.165, 1.54) is 5.56 Å². The molecule has 134 valence electrons. The van der Waals surface area contributed by atoms with Gasteiger partial charge in [-0.1, -0.05) is 18.2 Å². The first kappa shape index (κ1) is 17.5. The summed E-state index contributed by atoms with van der Waals surface area (Å²) in [5, 5.41) is 6.52. The molecule has 0 fully saturated rings. The lowest BCUT2D eigenvalue weighted by molar-refractivity contribution is 0.354. The Bertz CT molecular complexity index is 883. The standard InChI is InChI=1S/C20H22N4O2/c1-14-5-4-6-16(11-14)23-19-9-10-21-20(24-19)22-13-15-7-8-17(25-2)18(12-15)26-3/h4-12H,13H2,1-3H3,(H2,21,22,23,24). The highest BCUT2D eigenvalue weighted by atomic mass is 16.5. The molecule has 0 bridgehead atoms. The Morgan fingerprint density at radius 2 is 1.81 bits per heavy atom. The average Bonchev–Trinajstić information content (AvgIpc) is 2.66. The molecule has 0 aliphatic rings. The van der Waals surface area contributed by atoms with Gasteiger partial charge >= 0.3 is 0 Å². The Kier molecular flexibility index (Phi) is 5.53. The molecule has 2 N–H and O–H groups in total. The average molecular weight is 350 g/mol. The third-order valence-corrected chi connectivity index (χ3v) is 3.84. The topological polar surface area (TPSA) is 68.3 Å². The van der Waals surface area contributed by atoms with Crippen molar-refractivity contribution in [3.05, 3.63) is 65.9 Å². The molecule has 1 aromatic heterocycles. The van der Waals surface area contributed by atoms with Gasteiger partial charge in [0.15, 0.2) is 11.5 Å². The van der Waals surface area contributed by atoms with Crippen LogP contribution in [0.1, 0.15) is 11.1 Å². The molecular formula is C20H22N4O2. The van der Waals surface area contributed by atoms with Gasteiger partial charge in [0.25, 0.3) is 0 Å². The lowest BCUT2D eigenvalue weighted by atomic mass is 10.2. The second-order valence-electron chi connectivity index (χ2n) is 5.80. The number of aryl methyl sites for hydroxylation is 1. The van der Waals surface area contributed by atoms with Crippen molar-refractivity contribution < 1.29 is 9.47 Å². The van der Waals surface area contributed by atoms with Crippen LogP contribution in [-0.4, -0.2) is 24.2 Å². The first-order valence-electron chi connectivity index (χ1n) is 8.29. The largest absolute Gasteiger partial charge is 0.493 e. The molecule has 3 rings (SSSR count). The molecule has 0 unspecified atom stereocenters. The number of aromatic nitrogens is 2. The van der Waals surface area contributed by atoms with Gasteiger partial charge in [-0.05, 0) is 48.4 Å². The maximum absolute atomic E-state index is 5.33. The molecule has 26 heavy (non-hydrogen) atoms. The first-order valence-corrected chi connectivity index (χ1v) is 8.29. The van der Waals surface area contributed by atoms with Crippen LogP contribution in [0.4, 0.5) is 17.5 Å². The number of ether oxygens (including phenoxy) is 2. The third kappa shape index (κ3) is 4.42. The van der Waals surface area contributed by atoms with Crippen LogP contribution in [0.15, 0.2) is 54.7 Å². The Morgan fingerprint density at radius 1 is 0.962 bits per heavy atom. The molecule has 0 aliphatic carbocycles. The van der Waals surface area contributed by atoms with E-state index in [0.717, 1.165) is 17.1 Å². The Labute approximate surface area is 153 Å². The summed E-state index contributed by atoms with van der Waals surface area (Å²) in [4.78, 5) is 8.77. The van der Waals surface area contributed by atoms with E-state index in [2.05, 4.69) is 39.7 Å². The van der Waals surface area contributed by atoms with Crippen LogP contribution >= 0.6 is 0 Å². The maximum Gasteiger partial charge on any atom is 0.224 e. The van der Waals surface area contributed by atoms with E-state index in [-0.39, 0.29) is 0 Å². The van der Waals surface area contributed by atoms with Crippen molar-refractivity contribution in [2.24, 2.45) is 0 Å². The Morgan fingerprint density at radius 3 is 2.58 bits per heavy atom. The smallest absolute Gasteiger partial charge is 0.224 e. The fraction of sp³-hybridized carbons (Fsp3) is 0.200. The summed E-state index contributed by atoms with van der Waals surface area (Å²) in [7, 11) is 3.24. The van der Waals surface area contributed by atoms with E-state index in [4.69, 9.17) is 9.47 Å². The molecule has 0 spiro atoms. The predicted octanol–water partition coefficient (Wildman–Crippen LogP) is 4.16. The van der Waals surface area contributed by atoms with Gasteiger partial charge in [-0.2, -0.15) is 4.98 Å². The summed E-state index contributed by atoms with van der Waals surface area (Å²) < 4.78 is 10.6. The molecule has 0 radical (unpaired) electrons. The van der Waals surface area contributed by atoms with Gasteiger partial charge < -0.3 is 20.1 Å². The number of methoxy groups -OCH3 is 2. The SMILES string of the molecule is COc1ccc(CNc2nccc(Nc3cccc(C)c3)n2)cc1OC. The minimum atomic E-state index is 0.553. The van der Waals surface area contributed by atoms with Gasteiger partial charge in [0, 0.05) is 18.4 Å². The highest BCUT2D eigenvalue weighted by Gasteiger charge is 2.05. The molecule has 0 saturated heterocycles. The summed E-state index contributed by atoms with van der Waals surface area (Å²) in [5.41, 5.74) is 3.23. The van der Waals surface area contributed by atoms with Crippen molar-refractivity contribution in [3.63, 3.8) is 0 Å². The molecule has 0 saturated carbocycles. The molecule has 0 aliphatic heterocycles. The van der Waals surface area contributed by atoms with E-state index in [9.17, 15) is 0 Å². The highest BCUT2D eigenvalue weighted by Crippen LogP contribution is 2.27. The van der Waals surface area contributed by atoms with Gasteiger partial charge in [0.2, 0.25) is 5.95 Å². The van der Waals surface area contributed by atoms with Crippen LogP contribution in [-0.2, 0) is 6.54 Å². The number of nitrogens with one attached hydrogen (secondary N) is 2. The number of hydrogen-bond acceptors (Lipinski definition) is 6. The van der Waals surface area contributed by atoms with Crippen molar-refractivity contribution in [1.29, 1.82) is 0 Å². The quantitative estimate of drug-likeness (QED) is 0.667. The van der Waals surface area contributed by atoms with Crippen molar-refractivity contribution in [1.82, 2.24) is 9.97 Å². The predicted molar refractivity (Wildman–Crippen MR) is 103 cm³/mol. The van der Waals surface area contributed by atoms with Gasteiger partial charge in [0.1, 0.15) is 5.82 Å². The van der Waals surface area contributed by atoms with Crippen LogP contribution < -0.4 is 20.1 Å². The van der Waals surface area contributed by atoms with Crippen LogP contribution in [0.3, 0.4) is 0 Å². The van der Waals surface area contributed by atoms with Crippen molar-refractivity contribution in [3.8, 4) is 11.5 Å². The summed E-state index contributed by atoms with van der Waals surface area (Å²) in [6, 6.07) is 15.8. The first-order chi connectivity index (χ1) is 12.7. The second kappa shape index (κ2) is 8.20. The number of nitrogens with zero attached hydrogens (tertiary/aromatic N) is 2. The second-order valence-corrected chi connectivity index (χ2v) is 5.80. The fourth-order valence-electron chi connectivity index (χ4n) is 2.56. The van der Waals surface area contributed by atoms with Gasteiger partial charge in [-0.25, -0.2) is 4.98 Å². The summed E-state index contributed by atoms with van der Waals surface area (Å²) in [6.07, 6.45) is 1.72. The number of rotatable bonds is 7. The lowest BCUT2D eigenvalue weighted by Crippen LogP contribution is -2.05. The molecular weight excluding hydrogens is 328 g/mol. The number of benzene rings is 2. The van der Waals surface area contributed by atoms with Crippen molar-refractivity contribution >= 4 is 17.5 Å². The molecule has 6 heteroatoms. The van der Waals surface area contributed by atoms with E-state index in [0.29, 0.717) is 24.0 Å². The van der Waals surface area contributed by atoms with Crippen LogP contribution in [0.2, 0.25) is 0 Å². The van der Waals surface area contributed by atoms with E-state index in [1.807, 2.05) is 36.4 Å². The van der Waals surface area contributed by atoms with Gasteiger partial charge in [-0.15, -0.1) is 0 Å². The van der Waals surface area contributed by atoms with E-state index in [1.54, 1.807) is 20.4 Å². The molecule has 2 aromatic carbocycles. The van der Waals surface area contributed by atoms with Crippen LogP contribution in [0.25, 0.3) is 0 Å². The van der Waals surface area contributed by atoms with Crippen molar-refractivity contribution in [2.75, 3.05) is 24.9 Å². The molecule has 0 amide bonds. The Balaban J connectivity index is 1.67. The summed E-state index contributed by atoms with van der Waals surface area (Å²) in [6.45, 7) is 2.63. The summed E-state index contributed by atoms with van der Waals surface area (Å²) in [5.74, 6) is 2.69.